The summed E-state index contributed by atoms with van der Waals surface area (Å²) in [5.41, 5.74) is 1.42. The molecule has 3 saturated carbocycles. The minimum absolute atomic E-state index is 0.0921. The molecule has 0 aromatic carbocycles. The Hall–Kier alpha value is -1.38. The van der Waals surface area contributed by atoms with Crippen molar-refractivity contribution in [2.75, 3.05) is 0 Å². The van der Waals surface area contributed by atoms with E-state index in [4.69, 9.17) is 4.74 Å². The van der Waals surface area contributed by atoms with Crippen LogP contribution in [-0.2, 0) is 16.0 Å². The zero-order valence-electron chi connectivity index (χ0n) is 16.0. The molecule has 1 spiro atoms. The van der Waals surface area contributed by atoms with E-state index >= 15 is 0 Å². The fourth-order valence-electron chi connectivity index (χ4n) is 6.94. The van der Waals surface area contributed by atoms with Gasteiger partial charge in [0.05, 0.1) is 6.42 Å². The van der Waals surface area contributed by atoms with Gasteiger partial charge < -0.3 is 4.74 Å². The van der Waals surface area contributed by atoms with Gasteiger partial charge in [0.25, 0.3) is 0 Å². The third-order valence-electron chi connectivity index (χ3n) is 8.21. The number of hydrogen-bond acceptors (Lipinski definition) is 3. The van der Waals surface area contributed by atoms with E-state index in [0.717, 1.165) is 23.8 Å². The Morgan fingerprint density at radius 3 is 2.60 bits per heavy atom. The zero-order valence-corrected chi connectivity index (χ0v) is 16.0. The minimum Gasteiger partial charge on any atom is -0.459 e. The van der Waals surface area contributed by atoms with Crippen LogP contribution in [0.1, 0.15) is 65.4 Å². The van der Waals surface area contributed by atoms with Crippen molar-refractivity contribution in [3.63, 3.8) is 0 Å². The number of esters is 1. The number of fused-ring (bicyclic) bond motifs is 1. The molecule has 2 bridgehead atoms. The van der Waals surface area contributed by atoms with Crippen molar-refractivity contribution in [3.05, 3.63) is 30.1 Å². The number of nitrogens with zero attached hydrogens (tertiary/aromatic N) is 1. The Morgan fingerprint density at radius 2 is 1.88 bits per heavy atom. The Balaban J connectivity index is 1.54. The highest BCUT2D eigenvalue weighted by molar-refractivity contribution is 5.73. The van der Waals surface area contributed by atoms with Crippen LogP contribution in [0.15, 0.2) is 24.5 Å². The van der Waals surface area contributed by atoms with E-state index in [1.807, 2.05) is 12.1 Å². The molecule has 0 N–H and O–H groups in total. The number of carbonyl (C=O) groups excluding carboxylic acids is 1. The maximum Gasteiger partial charge on any atom is 0.310 e. The van der Waals surface area contributed by atoms with Gasteiger partial charge in [-0.15, -0.1) is 0 Å². The lowest BCUT2D eigenvalue weighted by Gasteiger charge is -2.46. The second-order valence-electron chi connectivity index (χ2n) is 9.66. The summed E-state index contributed by atoms with van der Waals surface area (Å²) < 4.78 is 6.19. The molecule has 1 heterocycles. The second kappa shape index (κ2) is 5.56. The SMILES string of the molecule is C[C@@H]1CCC2C(C)(C)C3CC21CC[C@@]3(C)OC(=O)Cc1ccncc1. The van der Waals surface area contributed by atoms with Gasteiger partial charge in [0.15, 0.2) is 0 Å². The zero-order chi connectivity index (χ0) is 17.9. The number of rotatable bonds is 3. The largest absolute Gasteiger partial charge is 0.459 e. The number of carbonyl (C=O) groups is 1. The molecule has 3 fully saturated rings. The van der Waals surface area contributed by atoms with Gasteiger partial charge in [-0.3, -0.25) is 9.78 Å². The number of hydrogen-bond donors (Lipinski definition) is 0. The molecule has 1 aromatic rings. The molecule has 0 aliphatic heterocycles. The van der Waals surface area contributed by atoms with Crippen LogP contribution in [0.3, 0.4) is 0 Å². The van der Waals surface area contributed by atoms with Crippen molar-refractivity contribution >= 4 is 5.97 Å². The van der Waals surface area contributed by atoms with E-state index in [1.54, 1.807) is 12.4 Å². The highest BCUT2D eigenvalue weighted by atomic mass is 16.6. The smallest absolute Gasteiger partial charge is 0.310 e. The van der Waals surface area contributed by atoms with E-state index in [0.29, 0.717) is 17.8 Å². The molecule has 5 atom stereocenters. The molecule has 3 aliphatic rings. The average molecular weight is 341 g/mol. The summed E-state index contributed by atoms with van der Waals surface area (Å²) in [5, 5.41) is 0. The molecule has 3 unspecified atom stereocenters. The summed E-state index contributed by atoms with van der Waals surface area (Å²) in [5.74, 6) is 1.99. The first-order valence-corrected chi connectivity index (χ1v) is 9.89. The Labute approximate surface area is 151 Å². The standard InChI is InChI=1S/C22H31NO2/c1-15-5-6-17-20(2,3)18-14-22(15,17)10-9-21(18,4)25-19(24)13-16-7-11-23-12-8-16/h7-8,11-12,15,17-18H,5-6,9-10,13-14H2,1-4H3/t15-,17?,18?,21-,22?/m1/s1. The lowest BCUT2D eigenvalue weighted by Crippen LogP contribution is -2.47. The topological polar surface area (TPSA) is 39.2 Å². The number of ether oxygens (including phenoxy) is 1. The van der Waals surface area contributed by atoms with Crippen LogP contribution >= 0.6 is 0 Å². The second-order valence-corrected chi connectivity index (χ2v) is 9.66. The Morgan fingerprint density at radius 1 is 1.16 bits per heavy atom. The third kappa shape index (κ3) is 2.45. The van der Waals surface area contributed by atoms with Crippen molar-refractivity contribution < 1.29 is 9.53 Å². The van der Waals surface area contributed by atoms with Crippen LogP contribution in [-0.4, -0.2) is 16.6 Å². The molecular formula is C22H31NO2. The van der Waals surface area contributed by atoms with Gasteiger partial charge >= 0.3 is 5.97 Å². The number of aromatic nitrogens is 1. The van der Waals surface area contributed by atoms with Crippen LogP contribution in [0, 0.1) is 28.6 Å². The van der Waals surface area contributed by atoms with E-state index in [2.05, 4.69) is 32.7 Å². The molecule has 25 heavy (non-hydrogen) atoms. The van der Waals surface area contributed by atoms with Crippen LogP contribution in [0.4, 0.5) is 0 Å². The molecule has 0 saturated heterocycles. The molecule has 1 aromatic heterocycles. The third-order valence-corrected chi connectivity index (χ3v) is 8.21. The van der Waals surface area contributed by atoms with Crippen LogP contribution in [0.5, 0.6) is 0 Å². The summed E-state index contributed by atoms with van der Waals surface area (Å²) >= 11 is 0. The lowest BCUT2D eigenvalue weighted by molar-refractivity contribution is -0.172. The maximum atomic E-state index is 12.6. The molecule has 3 aliphatic carbocycles. The molecular weight excluding hydrogens is 310 g/mol. The molecule has 0 amide bonds. The molecule has 136 valence electrons. The summed E-state index contributed by atoms with van der Waals surface area (Å²) in [4.78, 5) is 16.7. The van der Waals surface area contributed by atoms with Crippen LogP contribution in [0.25, 0.3) is 0 Å². The predicted molar refractivity (Wildman–Crippen MR) is 97.9 cm³/mol. The predicted octanol–water partition coefficient (Wildman–Crippen LogP) is 4.80. The molecule has 3 heteroatoms. The minimum atomic E-state index is -0.317. The van der Waals surface area contributed by atoms with Crippen molar-refractivity contribution in [2.24, 2.45) is 28.6 Å². The summed E-state index contributed by atoms with van der Waals surface area (Å²) in [6, 6.07) is 3.79. The lowest BCUT2D eigenvalue weighted by atomic mass is 9.64. The van der Waals surface area contributed by atoms with Crippen molar-refractivity contribution in [2.45, 2.75) is 71.8 Å². The first kappa shape index (κ1) is 17.1. The van der Waals surface area contributed by atoms with E-state index in [9.17, 15) is 4.79 Å². The summed E-state index contributed by atoms with van der Waals surface area (Å²) in [6.45, 7) is 9.52. The fourth-order valence-corrected chi connectivity index (χ4v) is 6.94. The van der Waals surface area contributed by atoms with Crippen LogP contribution < -0.4 is 0 Å². The summed E-state index contributed by atoms with van der Waals surface area (Å²) in [6.07, 6.45) is 10.0. The molecule has 0 radical (unpaired) electrons. The van der Waals surface area contributed by atoms with E-state index < -0.39 is 0 Å². The molecule has 3 nitrogen and oxygen atoms in total. The van der Waals surface area contributed by atoms with Gasteiger partial charge in [0.2, 0.25) is 0 Å². The van der Waals surface area contributed by atoms with Gasteiger partial charge in [0, 0.05) is 18.3 Å². The first-order valence-electron chi connectivity index (χ1n) is 9.89. The maximum absolute atomic E-state index is 12.6. The highest BCUT2D eigenvalue weighted by Gasteiger charge is 2.68. The average Bonchev–Trinajstić information content (AvgIpc) is 2.98. The normalized spacial score (nSPS) is 41.4. The van der Waals surface area contributed by atoms with Crippen LogP contribution in [0.2, 0.25) is 0 Å². The van der Waals surface area contributed by atoms with Crippen molar-refractivity contribution in [1.82, 2.24) is 4.98 Å². The Bertz CT molecular complexity index is 670. The Kier molecular flexibility index (Phi) is 3.79. The number of pyridine rings is 1. The van der Waals surface area contributed by atoms with Crippen molar-refractivity contribution in [3.8, 4) is 0 Å². The highest BCUT2D eigenvalue weighted by Crippen LogP contribution is 2.73. The first-order chi connectivity index (χ1) is 11.8. The van der Waals surface area contributed by atoms with Gasteiger partial charge in [-0.2, -0.15) is 0 Å². The van der Waals surface area contributed by atoms with Gasteiger partial charge in [0.1, 0.15) is 5.60 Å². The van der Waals surface area contributed by atoms with E-state index in [-0.39, 0.29) is 17.0 Å². The quantitative estimate of drug-likeness (QED) is 0.741. The van der Waals surface area contributed by atoms with E-state index in [1.165, 1.54) is 25.7 Å². The summed E-state index contributed by atoms with van der Waals surface area (Å²) in [7, 11) is 0. The van der Waals surface area contributed by atoms with Gasteiger partial charge in [-0.05, 0) is 79.4 Å². The monoisotopic (exact) mass is 341 g/mol. The van der Waals surface area contributed by atoms with Gasteiger partial charge in [-0.25, -0.2) is 0 Å². The molecule has 4 rings (SSSR count). The van der Waals surface area contributed by atoms with Crippen molar-refractivity contribution in [1.29, 1.82) is 0 Å². The van der Waals surface area contributed by atoms with Gasteiger partial charge in [-0.1, -0.05) is 20.8 Å². The fraction of sp³-hybridized carbons (Fsp3) is 0.727.